The molecule has 0 aliphatic carbocycles. The minimum Gasteiger partial charge on any atom is -0.497 e. The summed E-state index contributed by atoms with van der Waals surface area (Å²) < 4.78 is 7.14. The highest BCUT2D eigenvalue weighted by Gasteiger charge is 2.18. The Balaban J connectivity index is 1.47. The lowest BCUT2D eigenvalue weighted by Gasteiger charge is -2.14. The van der Waals surface area contributed by atoms with Crippen molar-refractivity contribution >= 4 is 33.5 Å². The van der Waals surface area contributed by atoms with Crippen molar-refractivity contribution in [2.75, 3.05) is 7.11 Å². The molecule has 0 saturated carbocycles. The van der Waals surface area contributed by atoms with Gasteiger partial charge in [0.2, 0.25) is 5.91 Å². The molecule has 0 saturated heterocycles. The molecule has 4 aromatic rings. The molecule has 2 amide bonds. The van der Waals surface area contributed by atoms with E-state index in [2.05, 4.69) is 10.9 Å². The van der Waals surface area contributed by atoms with Crippen molar-refractivity contribution in [3.05, 3.63) is 78.0 Å². The molecule has 0 radical (unpaired) electrons. The third-order valence-corrected chi connectivity index (χ3v) is 5.41. The van der Waals surface area contributed by atoms with E-state index in [0.29, 0.717) is 5.56 Å². The van der Waals surface area contributed by atoms with Gasteiger partial charge in [0.05, 0.1) is 18.6 Å². The van der Waals surface area contributed by atoms with Crippen molar-refractivity contribution in [3.8, 4) is 5.75 Å². The summed E-state index contributed by atoms with van der Waals surface area (Å²) in [5.74, 6) is -0.268. The van der Waals surface area contributed by atoms with E-state index in [9.17, 15) is 9.59 Å². The molecule has 0 spiro atoms. The zero-order valence-corrected chi connectivity index (χ0v) is 17.1. The number of carbonyl (C=O) groups excluding carboxylic acids is 2. The first-order valence-corrected chi connectivity index (χ1v) is 9.70. The van der Waals surface area contributed by atoms with E-state index in [0.717, 1.165) is 33.0 Å². The standard InChI is InChI=1S/C24H23N3O3/c1-15(16-8-9-18-13-19(30-3)11-10-17(18)12-16)23(28)25-26-24(29)21-14-27(2)22-7-5-4-6-20(21)22/h4-15H,1-3H3,(H,25,28)(H,26,29)/t15-/m0/s1. The summed E-state index contributed by atoms with van der Waals surface area (Å²) in [6.07, 6.45) is 1.76. The molecule has 6 heteroatoms. The Morgan fingerprint density at radius 3 is 2.50 bits per heavy atom. The first-order valence-electron chi connectivity index (χ1n) is 9.70. The van der Waals surface area contributed by atoms with E-state index in [4.69, 9.17) is 4.74 Å². The number of hydrogen-bond donors (Lipinski definition) is 2. The fourth-order valence-corrected chi connectivity index (χ4v) is 3.61. The van der Waals surface area contributed by atoms with Crippen molar-refractivity contribution in [3.63, 3.8) is 0 Å². The molecular formula is C24H23N3O3. The van der Waals surface area contributed by atoms with E-state index in [-0.39, 0.29) is 11.8 Å². The van der Waals surface area contributed by atoms with Crippen LogP contribution < -0.4 is 15.6 Å². The molecule has 1 aromatic heterocycles. The lowest BCUT2D eigenvalue weighted by atomic mass is 9.97. The highest BCUT2D eigenvalue weighted by Crippen LogP contribution is 2.25. The van der Waals surface area contributed by atoms with Crippen LogP contribution in [0.4, 0.5) is 0 Å². The number of benzene rings is 3. The fourth-order valence-electron chi connectivity index (χ4n) is 3.61. The molecule has 2 N–H and O–H groups in total. The second-order valence-corrected chi connectivity index (χ2v) is 7.31. The van der Waals surface area contributed by atoms with E-state index in [1.165, 1.54) is 0 Å². The minimum atomic E-state index is -0.427. The van der Waals surface area contributed by atoms with Crippen LogP contribution in [-0.4, -0.2) is 23.5 Å². The average molecular weight is 401 g/mol. The Morgan fingerprint density at radius 1 is 0.967 bits per heavy atom. The summed E-state index contributed by atoms with van der Waals surface area (Å²) in [5, 5.41) is 2.90. The van der Waals surface area contributed by atoms with Crippen molar-refractivity contribution in [1.82, 2.24) is 15.4 Å². The quantitative estimate of drug-likeness (QED) is 0.510. The monoisotopic (exact) mass is 401 g/mol. The largest absolute Gasteiger partial charge is 0.497 e. The zero-order chi connectivity index (χ0) is 21.3. The molecule has 0 bridgehead atoms. The number of hydrazine groups is 1. The summed E-state index contributed by atoms with van der Waals surface area (Å²) in [5.41, 5.74) is 7.42. The normalized spacial score (nSPS) is 12.0. The van der Waals surface area contributed by atoms with Crippen LogP contribution in [0, 0.1) is 0 Å². The number of carbonyl (C=O) groups is 2. The van der Waals surface area contributed by atoms with Gasteiger partial charge in [0.1, 0.15) is 5.75 Å². The van der Waals surface area contributed by atoms with Crippen LogP contribution in [0.15, 0.2) is 66.9 Å². The highest BCUT2D eigenvalue weighted by atomic mass is 16.5. The van der Waals surface area contributed by atoms with Crippen LogP contribution in [0.25, 0.3) is 21.7 Å². The molecule has 152 valence electrons. The maximum Gasteiger partial charge on any atom is 0.271 e. The first-order chi connectivity index (χ1) is 14.5. The van der Waals surface area contributed by atoms with Crippen LogP contribution in [-0.2, 0) is 11.8 Å². The number of nitrogens with zero attached hydrogens (tertiary/aromatic N) is 1. The van der Waals surface area contributed by atoms with Gasteiger partial charge in [0, 0.05) is 24.1 Å². The number of rotatable bonds is 4. The molecular weight excluding hydrogens is 378 g/mol. The Morgan fingerprint density at radius 2 is 1.70 bits per heavy atom. The third kappa shape index (κ3) is 3.59. The van der Waals surface area contributed by atoms with Gasteiger partial charge in [-0.1, -0.05) is 42.5 Å². The van der Waals surface area contributed by atoms with Crippen molar-refractivity contribution < 1.29 is 14.3 Å². The van der Waals surface area contributed by atoms with E-state index in [1.807, 2.05) is 79.2 Å². The molecule has 1 heterocycles. The predicted molar refractivity (Wildman–Crippen MR) is 117 cm³/mol. The van der Waals surface area contributed by atoms with E-state index < -0.39 is 5.92 Å². The van der Waals surface area contributed by atoms with Crippen LogP contribution in [0.1, 0.15) is 28.8 Å². The maximum absolute atomic E-state index is 12.6. The molecule has 0 unspecified atom stereocenters. The third-order valence-electron chi connectivity index (χ3n) is 5.41. The Bertz CT molecular complexity index is 1260. The van der Waals surface area contributed by atoms with Gasteiger partial charge in [-0.05, 0) is 41.5 Å². The van der Waals surface area contributed by atoms with Gasteiger partial charge in [0.25, 0.3) is 5.91 Å². The summed E-state index contributed by atoms with van der Waals surface area (Å²) in [6.45, 7) is 1.81. The first kappa shape index (κ1) is 19.5. The number of nitrogens with one attached hydrogen (secondary N) is 2. The van der Waals surface area contributed by atoms with Gasteiger partial charge in [-0.3, -0.25) is 20.4 Å². The van der Waals surface area contributed by atoms with Crippen LogP contribution >= 0.6 is 0 Å². The van der Waals surface area contributed by atoms with Gasteiger partial charge >= 0.3 is 0 Å². The van der Waals surface area contributed by atoms with Crippen LogP contribution in [0.2, 0.25) is 0 Å². The van der Waals surface area contributed by atoms with E-state index in [1.54, 1.807) is 13.3 Å². The number of ether oxygens (including phenoxy) is 1. The van der Waals surface area contributed by atoms with Crippen LogP contribution in [0.3, 0.4) is 0 Å². The summed E-state index contributed by atoms with van der Waals surface area (Å²) in [7, 11) is 3.52. The molecule has 0 aliphatic heterocycles. The topological polar surface area (TPSA) is 72.4 Å². The smallest absolute Gasteiger partial charge is 0.271 e. The predicted octanol–water partition coefficient (Wildman–Crippen LogP) is 3.90. The Hall–Kier alpha value is -3.80. The number of aryl methyl sites for hydroxylation is 1. The summed E-state index contributed by atoms with van der Waals surface area (Å²) >= 11 is 0. The van der Waals surface area contributed by atoms with E-state index >= 15 is 0 Å². The minimum absolute atomic E-state index is 0.281. The lowest BCUT2D eigenvalue weighted by Crippen LogP contribution is -2.43. The molecule has 0 fully saturated rings. The fraction of sp³-hybridized carbons (Fsp3) is 0.167. The molecule has 1 atom stereocenters. The number of para-hydroxylation sites is 1. The second-order valence-electron chi connectivity index (χ2n) is 7.31. The number of methoxy groups -OCH3 is 1. The van der Waals surface area contributed by atoms with Gasteiger partial charge < -0.3 is 9.30 Å². The molecule has 3 aromatic carbocycles. The van der Waals surface area contributed by atoms with Gasteiger partial charge in [-0.25, -0.2) is 0 Å². The van der Waals surface area contributed by atoms with Gasteiger partial charge in [-0.2, -0.15) is 0 Å². The molecule has 6 nitrogen and oxygen atoms in total. The van der Waals surface area contributed by atoms with Crippen LogP contribution in [0.5, 0.6) is 5.75 Å². The summed E-state index contributed by atoms with van der Waals surface area (Å²) in [6, 6.07) is 19.3. The van der Waals surface area contributed by atoms with Gasteiger partial charge in [0.15, 0.2) is 0 Å². The Labute approximate surface area is 174 Å². The number of aromatic nitrogens is 1. The molecule has 4 rings (SSSR count). The number of fused-ring (bicyclic) bond motifs is 2. The Kier molecular flexibility index (Phi) is 5.14. The van der Waals surface area contributed by atoms with Crippen molar-refractivity contribution in [2.24, 2.45) is 7.05 Å². The SMILES string of the molecule is COc1ccc2cc([C@H](C)C(=O)NNC(=O)c3cn(C)c4ccccc34)ccc2c1. The summed E-state index contributed by atoms with van der Waals surface area (Å²) in [4.78, 5) is 25.3. The average Bonchev–Trinajstić information content (AvgIpc) is 3.12. The maximum atomic E-state index is 12.6. The highest BCUT2D eigenvalue weighted by molar-refractivity contribution is 6.07. The lowest BCUT2D eigenvalue weighted by molar-refractivity contribution is -0.123. The second kappa shape index (κ2) is 7.91. The number of hydrogen-bond acceptors (Lipinski definition) is 3. The van der Waals surface area contributed by atoms with Gasteiger partial charge in [-0.15, -0.1) is 0 Å². The van der Waals surface area contributed by atoms with Crippen molar-refractivity contribution in [2.45, 2.75) is 12.8 Å². The molecule has 30 heavy (non-hydrogen) atoms. The number of amides is 2. The van der Waals surface area contributed by atoms with Crippen molar-refractivity contribution in [1.29, 1.82) is 0 Å². The zero-order valence-electron chi connectivity index (χ0n) is 17.1. The molecule has 0 aliphatic rings.